The van der Waals surface area contributed by atoms with Gasteiger partial charge < -0.3 is 4.89 Å². The summed E-state index contributed by atoms with van der Waals surface area (Å²) in [6.07, 6.45) is 0. The van der Waals surface area contributed by atoms with Crippen LogP contribution in [0.4, 0.5) is 0 Å². The molecule has 0 saturated heterocycles. The van der Waals surface area contributed by atoms with Crippen molar-refractivity contribution in [1.29, 1.82) is 0 Å². The molecular weight excluding hydrogens is 211 g/mol. The van der Waals surface area contributed by atoms with Gasteiger partial charge in [0, 0.05) is 5.39 Å². The van der Waals surface area contributed by atoms with E-state index in [4.69, 9.17) is 4.52 Å². The molecule has 2 aromatic rings. The summed E-state index contributed by atoms with van der Waals surface area (Å²) in [6, 6.07) is 11.3. The first-order valence-electron chi connectivity index (χ1n) is 4.49. The van der Waals surface area contributed by atoms with E-state index in [0.29, 0.717) is 5.75 Å². The Bertz CT molecular complexity index is 522. The van der Waals surface area contributed by atoms with Crippen molar-refractivity contribution in [2.75, 3.05) is 0 Å². The third kappa shape index (κ3) is 1.99. The van der Waals surface area contributed by atoms with Crippen molar-refractivity contribution in [1.82, 2.24) is 0 Å². The molecule has 0 bridgehead atoms. The molecule has 2 aromatic carbocycles. The Balaban J connectivity index is 2.68. The normalized spacial score (nSPS) is 11.5. The SMILES string of the molecule is Cc1ccc2ccccc2c1O[P+](=O)[O-]. The smallest absolute Gasteiger partial charge is 0.539 e. The summed E-state index contributed by atoms with van der Waals surface area (Å²) in [6.45, 7) is 1.82. The third-order valence-corrected chi connectivity index (χ3v) is 2.57. The summed E-state index contributed by atoms with van der Waals surface area (Å²) in [5, 5.41) is 1.78. The zero-order chi connectivity index (χ0) is 10.8. The molecule has 1 atom stereocenters. The van der Waals surface area contributed by atoms with Crippen LogP contribution in [0.3, 0.4) is 0 Å². The highest BCUT2D eigenvalue weighted by Gasteiger charge is 2.12. The van der Waals surface area contributed by atoms with Gasteiger partial charge in [0.05, 0.1) is 0 Å². The highest BCUT2D eigenvalue weighted by molar-refractivity contribution is 7.31. The van der Waals surface area contributed by atoms with Crippen molar-refractivity contribution in [3.05, 3.63) is 42.0 Å². The zero-order valence-electron chi connectivity index (χ0n) is 8.14. The number of aryl methyl sites for hydroxylation is 1. The van der Waals surface area contributed by atoms with Gasteiger partial charge in [-0.15, -0.1) is 0 Å². The standard InChI is InChI=1S/C11H9O3P/c1-8-6-7-9-4-2-3-5-10(9)11(8)14-15(12)13/h2-7H,1H3. The van der Waals surface area contributed by atoms with Gasteiger partial charge in [-0.2, -0.15) is 0 Å². The van der Waals surface area contributed by atoms with E-state index in [-0.39, 0.29) is 0 Å². The van der Waals surface area contributed by atoms with Crippen LogP contribution in [0, 0.1) is 6.92 Å². The number of fused-ring (bicyclic) bond motifs is 1. The summed E-state index contributed by atoms with van der Waals surface area (Å²) in [7, 11) is -2.87. The molecule has 0 fully saturated rings. The molecule has 0 N–H and O–H groups in total. The quantitative estimate of drug-likeness (QED) is 0.730. The van der Waals surface area contributed by atoms with Crippen molar-refractivity contribution in [2.24, 2.45) is 0 Å². The lowest BCUT2D eigenvalue weighted by Crippen LogP contribution is -1.95. The van der Waals surface area contributed by atoms with Gasteiger partial charge in [-0.05, 0) is 22.4 Å². The Hall–Kier alpha value is -1.44. The van der Waals surface area contributed by atoms with Crippen molar-refractivity contribution < 1.29 is 14.0 Å². The Kier molecular flexibility index (Phi) is 2.67. The third-order valence-electron chi connectivity index (χ3n) is 2.24. The molecule has 15 heavy (non-hydrogen) atoms. The molecule has 2 rings (SSSR count). The molecule has 0 amide bonds. The maximum Gasteiger partial charge on any atom is 0.539 e. The van der Waals surface area contributed by atoms with Gasteiger partial charge in [0.25, 0.3) is 0 Å². The van der Waals surface area contributed by atoms with Crippen molar-refractivity contribution in [2.45, 2.75) is 6.92 Å². The molecule has 0 spiro atoms. The van der Waals surface area contributed by atoms with E-state index >= 15 is 0 Å². The van der Waals surface area contributed by atoms with Gasteiger partial charge in [-0.1, -0.05) is 36.4 Å². The second-order valence-corrected chi connectivity index (χ2v) is 3.88. The highest BCUT2D eigenvalue weighted by Crippen LogP contribution is 2.33. The van der Waals surface area contributed by atoms with Crippen LogP contribution >= 0.6 is 8.25 Å². The van der Waals surface area contributed by atoms with Gasteiger partial charge in [-0.3, -0.25) is 4.52 Å². The van der Waals surface area contributed by atoms with Crippen molar-refractivity contribution in [3.8, 4) is 5.75 Å². The Morgan fingerprint density at radius 3 is 2.67 bits per heavy atom. The first-order chi connectivity index (χ1) is 7.18. The highest BCUT2D eigenvalue weighted by atomic mass is 31.1. The van der Waals surface area contributed by atoms with Crippen LogP contribution < -0.4 is 9.42 Å². The van der Waals surface area contributed by atoms with Crippen LogP contribution in [-0.4, -0.2) is 0 Å². The molecule has 0 aliphatic rings. The van der Waals surface area contributed by atoms with Crippen LogP contribution in [0.5, 0.6) is 5.75 Å². The second-order valence-electron chi connectivity index (χ2n) is 3.25. The Morgan fingerprint density at radius 1 is 1.20 bits per heavy atom. The topological polar surface area (TPSA) is 49.4 Å². The number of rotatable bonds is 2. The fourth-order valence-electron chi connectivity index (χ4n) is 1.55. The van der Waals surface area contributed by atoms with E-state index in [2.05, 4.69) is 0 Å². The molecule has 0 saturated carbocycles. The van der Waals surface area contributed by atoms with Crippen LogP contribution in [0.25, 0.3) is 10.8 Å². The molecule has 1 unspecified atom stereocenters. The lowest BCUT2D eigenvalue weighted by Gasteiger charge is -2.04. The average molecular weight is 220 g/mol. The summed E-state index contributed by atoms with van der Waals surface area (Å²) in [5.74, 6) is 0.421. The fourth-order valence-corrected chi connectivity index (χ4v) is 1.94. The zero-order valence-corrected chi connectivity index (χ0v) is 9.03. The minimum absolute atomic E-state index is 0.421. The summed E-state index contributed by atoms with van der Waals surface area (Å²) in [5.41, 5.74) is 0.813. The summed E-state index contributed by atoms with van der Waals surface area (Å²) in [4.78, 5) is 10.6. The predicted octanol–water partition coefficient (Wildman–Crippen LogP) is 2.54. The summed E-state index contributed by atoms with van der Waals surface area (Å²) < 4.78 is 15.4. The van der Waals surface area contributed by atoms with Gasteiger partial charge in [0.15, 0.2) is 5.75 Å². The molecular formula is C11H9O3P. The van der Waals surface area contributed by atoms with Gasteiger partial charge in [0.1, 0.15) is 0 Å². The van der Waals surface area contributed by atoms with Crippen LogP contribution in [0.2, 0.25) is 0 Å². The van der Waals surface area contributed by atoms with Crippen LogP contribution in [-0.2, 0) is 4.57 Å². The van der Waals surface area contributed by atoms with E-state index < -0.39 is 8.25 Å². The molecule has 3 nitrogen and oxygen atoms in total. The molecule has 0 heterocycles. The van der Waals surface area contributed by atoms with Crippen molar-refractivity contribution >= 4 is 19.0 Å². The summed E-state index contributed by atoms with van der Waals surface area (Å²) >= 11 is 0. The average Bonchev–Trinajstić information content (AvgIpc) is 2.22. The maximum atomic E-state index is 10.6. The molecule has 76 valence electrons. The minimum atomic E-state index is -2.87. The van der Waals surface area contributed by atoms with E-state index in [0.717, 1.165) is 16.3 Å². The Labute approximate surface area is 88.3 Å². The van der Waals surface area contributed by atoms with Gasteiger partial charge >= 0.3 is 8.25 Å². The van der Waals surface area contributed by atoms with E-state index in [1.807, 2.05) is 43.3 Å². The Morgan fingerprint density at radius 2 is 1.93 bits per heavy atom. The van der Waals surface area contributed by atoms with Gasteiger partial charge in [0.2, 0.25) is 0 Å². The predicted molar refractivity (Wildman–Crippen MR) is 56.9 cm³/mol. The molecule has 0 radical (unpaired) electrons. The van der Waals surface area contributed by atoms with E-state index in [9.17, 15) is 9.46 Å². The van der Waals surface area contributed by atoms with Crippen LogP contribution in [0.1, 0.15) is 5.56 Å². The van der Waals surface area contributed by atoms with E-state index in [1.54, 1.807) is 0 Å². The first-order valence-corrected chi connectivity index (χ1v) is 5.59. The minimum Gasteiger partial charge on any atom is -0.558 e. The first kappa shape index (κ1) is 10.1. The maximum absolute atomic E-state index is 10.6. The van der Waals surface area contributed by atoms with Gasteiger partial charge in [-0.25, -0.2) is 0 Å². The largest absolute Gasteiger partial charge is 0.558 e. The van der Waals surface area contributed by atoms with Crippen molar-refractivity contribution in [3.63, 3.8) is 0 Å². The lowest BCUT2D eigenvalue weighted by molar-refractivity contribution is -0.178. The number of hydrogen-bond acceptors (Lipinski definition) is 3. The molecule has 0 aromatic heterocycles. The second kappa shape index (κ2) is 3.97. The monoisotopic (exact) mass is 220 g/mol. The molecule has 4 heteroatoms. The number of hydrogen-bond donors (Lipinski definition) is 0. The lowest BCUT2D eigenvalue weighted by atomic mass is 10.1. The van der Waals surface area contributed by atoms with E-state index in [1.165, 1.54) is 0 Å². The molecule has 0 aliphatic carbocycles. The van der Waals surface area contributed by atoms with Crippen LogP contribution in [0.15, 0.2) is 36.4 Å². The number of benzene rings is 2. The molecule has 0 aliphatic heterocycles. The fraction of sp³-hybridized carbons (Fsp3) is 0.0909.